The van der Waals surface area contributed by atoms with Gasteiger partial charge < -0.3 is 4.74 Å². The summed E-state index contributed by atoms with van der Waals surface area (Å²) in [4.78, 5) is 4.07. The predicted molar refractivity (Wildman–Crippen MR) is 46.9 cm³/mol. The molecule has 0 unspecified atom stereocenters. The minimum Gasteiger partial charge on any atom is -0.481 e. The fraction of sp³-hybridized carbons (Fsp3) is 0.444. The van der Waals surface area contributed by atoms with Crippen LogP contribution in [0.2, 0.25) is 0 Å². The first-order chi connectivity index (χ1) is 5.33. The van der Waals surface area contributed by atoms with E-state index in [1.807, 2.05) is 39.0 Å². The molecule has 1 aromatic rings. The largest absolute Gasteiger partial charge is 0.481 e. The van der Waals surface area contributed by atoms with Crippen LogP contribution in [0.3, 0.4) is 0 Å². The van der Waals surface area contributed by atoms with Crippen LogP contribution in [0.5, 0.6) is 5.88 Å². The van der Waals surface area contributed by atoms with Crippen LogP contribution >= 0.6 is 0 Å². The smallest absolute Gasteiger partial charge is 0.213 e. The third-order valence-electron chi connectivity index (χ3n) is 1.07. The second kappa shape index (κ2) is 5.71. The third-order valence-corrected chi connectivity index (χ3v) is 1.07. The molecule has 0 aliphatic heterocycles. The molecule has 0 aliphatic carbocycles. The Morgan fingerprint density at radius 2 is 1.91 bits per heavy atom. The average molecular weight is 153 g/mol. The number of hydrogen-bond donors (Lipinski definition) is 0. The van der Waals surface area contributed by atoms with Crippen LogP contribution in [0.15, 0.2) is 18.2 Å². The zero-order chi connectivity index (χ0) is 8.69. The highest BCUT2D eigenvalue weighted by molar-refractivity contribution is 5.14. The summed E-state index contributed by atoms with van der Waals surface area (Å²) < 4.78 is 4.88. The van der Waals surface area contributed by atoms with Gasteiger partial charge in [0.25, 0.3) is 0 Å². The van der Waals surface area contributed by atoms with Gasteiger partial charge in [0.1, 0.15) is 0 Å². The van der Waals surface area contributed by atoms with Crippen molar-refractivity contribution in [2.75, 3.05) is 7.11 Å². The summed E-state index contributed by atoms with van der Waals surface area (Å²) in [7, 11) is 1.61. The molecule has 0 radical (unpaired) electrons. The molecule has 0 aliphatic rings. The fourth-order valence-corrected chi connectivity index (χ4v) is 0.632. The SMILES string of the molecule is CC.COc1cccc(C)n1. The van der Waals surface area contributed by atoms with Gasteiger partial charge in [-0.2, -0.15) is 0 Å². The Morgan fingerprint density at radius 3 is 2.27 bits per heavy atom. The molecule has 0 bridgehead atoms. The summed E-state index contributed by atoms with van der Waals surface area (Å²) >= 11 is 0. The number of nitrogens with zero attached hydrogens (tertiary/aromatic N) is 1. The zero-order valence-electron chi connectivity index (χ0n) is 7.59. The molecule has 62 valence electrons. The number of methoxy groups -OCH3 is 1. The molecular weight excluding hydrogens is 138 g/mol. The highest BCUT2D eigenvalue weighted by Crippen LogP contribution is 2.04. The molecular formula is C9H15NO. The first-order valence-electron chi connectivity index (χ1n) is 3.80. The van der Waals surface area contributed by atoms with Crippen molar-refractivity contribution in [3.8, 4) is 5.88 Å². The van der Waals surface area contributed by atoms with Crippen LogP contribution in [0.1, 0.15) is 19.5 Å². The standard InChI is InChI=1S/C7H9NO.C2H6/c1-6-4-3-5-7(8-6)9-2;1-2/h3-5H,1-2H3;1-2H3. The Labute approximate surface area is 68.2 Å². The van der Waals surface area contributed by atoms with Crippen molar-refractivity contribution >= 4 is 0 Å². The maximum Gasteiger partial charge on any atom is 0.213 e. The van der Waals surface area contributed by atoms with Crippen LogP contribution < -0.4 is 4.74 Å². The van der Waals surface area contributed by atoms with Gasteiger partial charge in [-0.15, -0.1) is 0 Å². The van der Waals surface area contributed by atoms with Crippen LogP contribution in [-0.4, -0.2) is 12.1 Å². The third kappa shape index (κ3) is 3.61. The van der Waals surface area contributed by atoms with Crippen LogP contribution in [0.25, 0.3) is 0 Å². The first-order valence-corrected chi connectivity index (χ1v) is 3.80. The van der Waals surface area contributed by atoms with Gasteiger partial charge in [-0.1, -0.05) is 19.9 Å². The van der Waals surface area contributed by atoms with Crippen molar-refractivity contribution in [2.24, 2.45) is 0 Å². The molecule has 0 spiro atoms. The van der Waals surface area contributed by atoms with E-state index >= 15 is 0 Å². The molecule has 0 aromatic carbocycles. The van der Waals surface area contributed by atoms with Gasteiger partial charge in [-0.05, 0) is 13.0 Å². The number of pyridine rings is 1. The Morgan fingerprint density at radius 1 is 1.27 bits per heavy atom. The lowest BCUT2D eigenvalue weighted by Crippen LogP contribution is -1.87. The quantitative estimate of drug-likeness (QED) is 0.618. The Hall–Kier alpha value is -1.05. The van der Waals surface area contributed by atoms with E-state index in [9.17, 15) is 0 Å². The van der Waals surface area contributed by atoms with Crippen molar-refractivity contribution in [1.29, 1.82) is 0 Å². The van der Waals surface area contributed by atoms with Gasteiger partial charge >= 0.3 is 0 Å². The van der Waals surface area contributed by atoms with Gasteiger partial charge in [0.15, 0.2) is 0 Å². The molecule has 2 nitrogen and oxygen atoms in total. The Balaban J connectivity index is 0.000000461. The van der Waals surface area contributed by atoms with Gasteiger partial charge in [-0.3, -0.25) is 0 Å². The zero-order valence-corrected chi connectivity index (χ0v) is 7.59. The van der Waals surface area contributed by atoms with Gasteiger partial charge in [0.2, 0.25) is 5.88 Å². The summed E-state index contributed by atoms with van der Waals surface area (Å²) in [5, 5.41) is 0. The van der Waals surface area contributed by atoms with Gasteiger partial charge in [0.05, 0.1) is 7.11 Å². The number of hydrogen-bond acceptors (Lipinski definition) is 2. The molecule has 1 rings (SSSR count). The topological polar surface area (TPSA) is 22.1 Å². The molecule has 0 amide bonds. The summed E-state index contributed by atoms with van der Waals surface area (Å²) in [5.74, 6) is 0.676. The first kappa shape index (κ1) is 9.95. The van der Waals surface area contributed by atoms with Crippen molar-refractivity contribution in [3.05, 3.63) is 23.9 Å². The summed E-state index contributed by atoms with van der Waals surface area (Å²) in [6, 6.07) is 5.68. The molecule has 0 saturated heterocycles. The lowest BCUT2D eigenvalue weighted by Gasteiger charge is -1.96. The van der Waals surface area contributed by atoms with Crippen molar-refractivity contribution in [2.45, 2.75) is 20.8 Å². The molecule has 2 heteroatoms. The number of aromatic nitrogens is 1. The Bertz CT molecular complexity index is 199. The minimum absolute atomic E-state index is 0.676. The fourth-order valence-electron chi connectivity index (χ4n) is 0.632. The van der Waals surface area contributed by atoms with Crippen LogP contribution in [0, 0.1) is 6.92 Å². The molecule has 0 N–H and O–H groups in total. The normalized spacial score (nSPS) is 8.00. The van der Waals surface area contributed by atoms with Crippen molar-refractivity contribution in [1.82, 2.24) is 4.98 Å². The van der Waals surface area contributed by atoms with E-state index in [0.29, 0.717) is 5.88 Å². The monoisotopic (exact) mass is 153 g/mol. The van der Waals surface area contributed by atoms with Crippen molar-refractivity contribution in [3.63, 3.8) is 0 Å². The minimum atomic E-state index is 0.676. The highest BCUT2D eigenvalue weighted by Gasteiger charge is 1.88. The number of rotatable bonds is 1. The maximum atomic E-state index is 4.88. The lowest BCUT2D eigenvalue weighted by molar-refractivity contribution is 0.397. The molecule has 0 atom stereocenters. The second-order valence-electron chi connectivity index (χ2n) is 1.82. The maximum absolute atomic E-state index is 4.88. The van der Waals surface area contributed by atoms with E-state index in [1.165, 1.54) is 0 Å². The lowest BCUT2D eigenvalue weighted by atomic mass is 10.4. The summed E-state index contributed by atoms with van der Waals surface area (Å²) in [6.45, 7) is 5.93. The molecule has 1 aromatic heterocycles. The van der Waals surface area contributed by atoms with E-state index in [4.69, 9.17) is 4.74 Å². The molecule has 0 saturated carbocycles. The van der Waals surface area contributed by atoms with Gasteiger partial charge in [-0.25, -0.2) is 4.98 Å². The number of ether oxygens (including phenoxy) is 1. The van der Waals surface area contributed by atoms with Crippen molar-refractivity contribution < 1.29 is 4.74 Å². The molecule has 1 heterocycles. The van der Waals surface area contributed by atoms with Crippen LogP contribution in [-0.2, 0) is 0 Å². The Kier molecular flexibility index (Phi) is 5.17. The van der Waals surface area contributed by atoms with E-state index in [1.54, 1.807) is 7.11 Å². The number of aryl methyl sites for hydroxylation is 1. The summed E-state index contributed by atoms with van der Waals surface area (Å²) in [6.07, 6.45) is 0. The van der Waals surface area contributed by atoms with Crippen LogP contribution in [0.4, 0.5) is 0 Å². The second-order valence-corrected chi connectivity index (χ2v) is 1.82. The van der Waals surface area contributed by atoms with Gasteiger partial charge in [0, 0.05) is 11.8 Å². The van der Waals surface area contributed by atoms with E-state index < -0.39 is 0 Å². The van der Waals surface area contributed by atoms with E-state index in [-0.39, 0.29) is 0 Å². The average Bonchev–Trinajstić information content (AvgIpc) is 2.08. The summed E-state index contributed by atoms with van der Waals surface area (Å²) in [5.41, 5.74) is 0.981. The predicted octanol–water partition coefficient (Wildman–Crippen LogP) is 2.42. The van der Waals surface area contributed by atoms with E-state index in [2.05, 4.69) is 4.98 Å². The van der Waals surface area contributed by atoms with E-state index in [0.717, 1.165) is 5.69 Å². The highest BCUT2D eigenvalue weighted by atomic mass is 16.5. The molecule has 0 fully saturated rings. The molecule has 11 heavy (non-hydrogen) atoms.